The standard InChI is InChI=1S/C17H14Cl3N3O3/c18-11-1-4-16(15(20)5-11)26-12-2-3-13(14(19)6-12)17(25,8-24)7-23-10-21-9-22-23/h1-6,9-10,24-25H,7-8H2. The number of ether oxygens (including phenoxy) is 1. The van der Waals surface area contributed by atoms with Gasteiger partial charge < -0.3 is 14.9 Å². The van der Waals surface area contributed by atoms with E-state index in [0.29, 0.717) is 27.1 Å². The zero-order chi connectivity index (χ0) is 18.7. The quantitative estimate of drug-likeness (QED) is 0.639. The summed E-state index contributed by atoms with van der Waals surface area (Å²) >= 11 is 18.3. The number of aliphatic hydroxyl groups is 2. The summed E-state index contributed by atoms with van der Waals surface area (Å²) in [6, 6.07) is 9.59. The van der Waals surface area contributed by atoms with Crippen LogP contribution in [0.3, 0.4) is 0 Å². The lowest BCUT2D eigenvalue weighted by Gasteiger charge is -2.27. The Balaban J connectivity index is 1.86. The Bertz CT molecular complexity index is 906. The highest BCUT2D eigenvalue weighted by molar-refractivity contribution is 6.35. The van der Waals surface area contributed by atoms with Crippen molar-refractivity contribution in [2.75, 3.05) is 6.61 Å². The van der Waals surface area contributed by atoms with Gasteiger partial charge in [0.25, 0.3) is 0 Å². The Morgan fingerprint density at radius 2 is 1.88 bits per heavy atom. The van der Waals surface area contributed by atoms with Gasteiger partial charge in [0.1, 0.15) is 29.8 Å². The van der Waals surface area contributed by atoms with Crippen molar-refractivity contribution in [1.82, 2.24) is 14.8 Å². The first kappa shape index (κ1) is 18.9. The van der Waals surface area contributed by atoms with Gasteiger partial charge in [-0.1, -0.05) is 40.9 Å². The van der Waals surface area contributed by atoms with Gasteiger partial charge in [-0.25, -0.2) is 9.67 Å². The van der Waals surface area contributed by atoms with Crippen molar-refractivity contribution >= 4 is 34.8 Å². The molecule has 0 radical (unpaired) electrons. The second-order valence-electron chi connectivity index (χ2n) is 5.60. The Labute approximate surface area is 164 Å². The third-order valence-corrected chi connectivity index (χ3v) is 4.56. The third-order valence-electron chi connectivity index (χ3n) is 3.72. The molecule has 3 rings (SSSR count). The minimum atomic E-state index is -1.62. The fraction of sp³-hybridized carbons (Fsp3) is 0.176. The van der Waals surface area contributed by atoms with E-state index in [9.17, 15) is 10.2 Å². The molecular formula is C17H14Cl3N3O3. The number of nitrogens with zero attached hydrogens (tertiary/aromatic N) is 3. The van der Waals surface area contributed by atoms with Crippen LogP contribution < -0.4 is 4.74 Å². The molecule has 1 aromatic heterocycles. The van der Waals surface area contributed by atoms with Crippen LogP contribution in [0.15, 0.2) is 49.1 Å². The molecule has 1 unspecified atom stereocenters. The minimum Gasteiger partial charge on any atom is -0.456 e. The third kappa shape index (κ3) is 4.11. The van der Waals surface area contributed by atoms with Gasteiger partial charge in [-0.3, -0.25) is 0 Å². The Morgan fingerprint density at radius 3 is 2.50 bits per heavy atom. The van der Waals surface area contributed by atoms with Crippen LogP contribution in [0.4, 0.5) is 0 Å². The molecule has 0 aliphatic carbocycles. The van der Waals surface area contributed by atoms with Gasteiger partial charge in [0.15, 0.2) is 0 Å². The molecular weight excluding hydrogens is 401 g/mol. The van der Waals surface area contributed by atoms with Crippen molar-refractivity contribution in [3.8, 4) is 11.5 Å². The van der Waals surface area contributed by atoms with Gasteiger partial charge in [-0.05, 0) is 30.3 Å². The second-order valence-corrected chi connectivity index (χ2v) is 6.85. The number of halogens is 3. The van der Waals surface area contributed by atoms with Gasteiger partial charge in [-0.15, -0.1) is 0 Å². The summed E-state index contributed by atoms with van der Waals surface area (Å²) in [6.45, 7) is -0.553. The fourth-order valence-corrected chi connectivity index (χ4v) is 3.22. The lowest BCUT2D eigenvalue weighted by Crippen LogP contribution is -2.36. The molecule has 2 N–H and O–H groups in total. The molecule has 136 valence electrons. The van der Waals surface area contributed by atoms with Crippen LogP contribution in [-0.2, 0) is 12.1 Å². The molecule has 9 heteroatoms. The molecule has 2 aromatic carbocycles. The zero-order valence-corrected chi connectivity index (χ0v) is 15.6. The molecule has 0 fully saturated rings. The van der Waals surface area contributed by atoms with E-state index in [4.69, 9.17) is 39.5 Å². The van der Waals surface area contributed by atoms with Gasteiger partial charge in [-0.2, -0.15) is 5.10 Å². The van der Waals surface area contributed by atoms with E-state index in [1.165, 1.54) is 23.4 Å². The van der Waals surface area contributed by atoms with Gasteiger partial charge in [0, 0.05) is 10.6 Å². The van der Waals surface area contributed by atoms with Crippen molar-refractivity contribution < 1.29 is 14.9 Å². The molecule has 0 amide bonds. The number of aromatic nitrogens is 3. The number of hydrogen-bond donors (Lipinski definition) is 2. The summed E-state index contributed by atoms with van der Waals surface area (Å²) in [7, 11) is 0. The Kier molecular flexibility index (Phi) is 5.70. The molecule has 0 saturated carbocycles. The molecule has 0 aliphatic heterocycles. The maximum Gasteiger partial charge on any atom is 0.146 e. The van der Waals surface area contributed by atoms with Crippen LogP contribution in [0.5, 0.6) is 11.5 Å². The Hall–Kier alpha value is -1.83. The smallest absolute Gasteiger partial charge is 0.146 e. The minimum absolute atomic E-state index is 0.00750. The summed E-state index contributed by atoms with van der Waals surface area (Å²) in [5, 5.41) is 25.5. The highest BCUT2D eigenvalue weighted by Gasteiger charge is 2.32. The normalized spacial score (nSPS) is 13.4. The van der Waals surface area contributed by atoms with E-state index in [-0.39, 0.29) is 11.6 Å². The first-order valence-corrected chi connectivity index (χ1v) is 8.63. The Morgan fingerprint density at radius 1 is 1.08 bits per heavy atom. The first-order chi connectivity index (χ1) is 12.4. The van der Waals surface area contributed by atoms with Gasteiger partial charge in [0.05, 0.1) is 23.2 Å². The van der Waals surface area contributed by atoms with Crippen LogP contribution >= 0.6 is 34.8 Å². The summed E-state index contributed by atoms with van der Waals surface area (Å²) in [5.74, 6) is 0.837. The molecule has 3 aromatic rings. The maximum absolute atomic E-state index is 10.8. The maximum atomic E-state index is 10.8. The number of aliphatic hydroxyl groups excluding tert-OH is 1. The van der Waals surface area contributed by atoms with E-state index < -0.39 is 12.2 Å². The molecule has 0 aliphatic rings. The predicted molar refractivity (Wildman–Crippen MR) is 99.0 cm³/mol. The van der Waals surface area contributed by atoms with E-state index >= 15 is 0 Å². The average Bonchev–Trinajstić information content (AvgIpc) is 3.10. The van der Waals surface area contributed by atoms with Gasteiger partial charge in [0.2, 0.25) is 0 Å². The van der Waals surface area contributed by atoms with Crippen LogP contribution in [0.25, 0.3) is 0 Å². The second kappa shape index (κ2) is 7.82. The van der Waals surface area contributed by atoms with E-state index in [1.807, 2.05) is 0 Å². The van der Waals surface area contributed by atoms with Crippen LogP contribution in [-0.4, -0.2) is 31.6 Å². The summed E-state index contributed by atoms with van der Waals surface area (Å²) in [4.78, 5) is 3.82. The van der Waals surface area contributed by atoms with Crippen molar-refractivity contribution in [2.24, 2.45) is 0 Å². The molecule has 0 spiro atoms. The average molecular weight is 415 g/mol. The summed E-state index contributed by atoms with van der Waals surface area (Å²) < 4.78 is 7.11. The summed E-state index contributed by atoms with van der Waals surface area (Å²) in [6.07, 6.45) is 2.78. The molecule has 26 heavy (non-hydrogen) atoms. The van der Waals surface area contributed by atoms with Crippen LogP contribution in [0.2, 0.25) is 15.1 Å². The predicted octanol–water partition coefficient (Wildman–Crippen LogP) is 3.91. The van der Waals surface area contributed by atoms with Crippen molar-refractivity contribution in [2.45, 2.75) is 12.1 Å². The van der Waals surface area contributed by atoms with Crippen molar-refractivity contribution in [1.29, 1.82) is 0 Å². The van der Waals surface area contributed by atoms with Gasteiger partial charge >= 0.3 is 0 Å². The van der Waals surface area contributed by atoms with Crippen molar-refractivity contribution in [3.05, 3.63) is 69.7 Å². The molecule has 0 saturated heterocycles. The van der Waals surface area contributed by atoms with Crippen molar-refractivity contribution in [3.63, 3.8) is 0 Å². The number of benzene rings is 2. The zero-order valence-electron chi connectivity index (χ0n) is 13.3. The van der Waals surface area contributed by atoms with E-state index in [0.717, 1.165) is 0 Å². The highest BCUT2D eigenvalue weighted by atomic mass is 35.5. The SMILES string of the molecule is OCC(O)(Cn1cncn1)c1ccc(Oc2ccc(Cl)cc2Cl)cc1Cl. The highest BCUT2D eigenvalue weighted by Crippen LogP contribution is 2.36. The largest absolute Gasteiger partial charge is 0.456 e. The van der Waals surface area contributed by atoms with E-state index in [1.54, 1.807) is 30.3 Å². The lowest BCUT2D eigenvalue weighted by atomic mass is 9.94. The molecule has 6 nitrogen and oxygen atoms in total. The fourth-order valence-electron chi connectivity index (χ4n) is 2.42. The topological polar surface area (TPSA) is 80.4 Å². The molecule has 1 atom stereocenters. The van der Waals surface area contributed by atoms with Crippen LogP contribution in [0.1, 0.15) is 5.56 Å². The number of rotatable bonds is 6. The molecule has 0 bridgehead atoms. The lowest BCUT2D eigenvalue weighted by molar-refractivity contribution is -0.0356. The monoisotopic (exact) mass is 413 g/mol. The van der Waals surface area contributed by atoms with Crippen LogP contribution in [0, 0.1) is 0 Å². The molecule has 1 heterocycles. The van der Waals surface area contributed by atoms with E-state index in [2.05, 4.69) is 10.1 Å². The summed E-state index contributed by atoms with van der Waals surface area (Å²) in [5.41, 5.74) is -1.28. The first-order valence-electron chi connectivity index (χ1n) is 7.50. The number of hydrogen-bond acceptors (Lipinski definition) is 5.